The number of carbonyl (C=O) groups is 1. The summed E-state index contributed by atoms with van der Waals surface area (Å²) in [6.45, 7) is 3.93. The van der Waals surface area contributed by atoms with Crippen LogP contribution in [0.1, 0.15) is 26.2 Å². The maximum atomic E-state index is 12.1. The normalized spacial score (nSPS) is 36.9. The van der Waals surface area contributed by atoms with Crippen LogP contribution in [0.3, 0.4) is 0 Å². The number of hydrogen-bond donors (Lipinski definition) is 1. The number of hydrogen-bond acceptors (Lipinski definition) is 3. The first-order valence-corrected chi connectivity index (χ1v) is 6.49. The number of fused-ring (bicyclic) bond motifs is 2. The Morgan fingerprint density at radius 3 is 3.11 bits per heavy atom. The van der Waals surface area contributed by atoms with Crippen molar-refractivity contribution in [3.63, 3.8) is 0 Å². The van der Waals surface area contributed by atoms with Crippen LogP contribution in [-0.4, -0.2) is 52.4 Å². The third-order valence-electron chi connectivity index (χ3n) is 4.62. The molecule has 0 aromatic heterocycles. The molecule has 3 aliphatic rings. The van der Waals surface area contributed by atoms with Gasteiger partial charge in [0.1, 0.15) is 11.4 Å². The lowest BCUT2D eigenvalue weighted by Crippen LogP contribution is -2.62. The maximum Gasteiger partial charge on any atom is 0.347 e. The summed E-state index contributed by atoms with van der Waals surface area (Å²) in [5.74, 6) is 3.11. The van der Waals surface area contributed by atoms with Gasteiger partial charge in [-0.25, -0.2) is 4.79 Å². The zero-order chi connectivity index (χ0) is 12.9. The Hall–Kier alpha value is -1.54. The van der Waals surface area contributed by atoms with Crippen LogP contribution in [0.15, 0.2) is 4.99 Å². The number of rotatable bonds is 1. The lowest BCUT2D eigenvalue weighted by Gasteiger charge is -2.40. The molecule has 0 aliphatic carbocycles. The Kier molecular flexibility index (Phi) is 2.39. The molecule has 0 saturated carbocycles. The standard InChI is InChI=1S/C13H18N4O/c1-3-9(2)17-12(18)15-11(14)13(17)6-8-16-7-4-5-10(13)16/h1,9-10H,4-8H2,2H3,(H2,14,15,18). The first kappa shape index (κ1) is 11.5. The number of urea groups is 1. The van der Waals surface area contributed by atoms with Crippen LogP contribution in [0.4, 0.5) is 4.79 Å². The molecule has 96 valence electrons. The number of terminal acetylenes is 1. The van der Waals surface area contributed by atoms with E-state index >= 15 is 0 Å². The molecule has 2 N–H and O–H groups in total. The van der Waals surface area contributed by atoms with E-state index in [2.05, 4.69) is 15.8 Å². The van der Waals surface area contributed by atoms with Crippen LogP contribution in [0.5, 0.6) is 0 Å². The summed E-state index contributed by atoms with van der Waals surface area (Å²) in [7, 11) is 0. The van der Waals surface area contributed by atoms with Gasteiger partial charge in [-0.3, -0.25) is 9.80 Å². The van der Waals surface area contributed by atoms with Gasteiger partial charge in [0.05, 0.1) is 6.04 Å². The summed E-state index contributed by atoms with van der Waals surface area (Å²) < 4.78 is 0. The zero-order valence-electron chi connectivity index (χ0n) is 10.6. The van der Waals surface area contributed by atoms with Crippen molar-refractivity contribution in [3.05, 3.63) is 0 Å². The molecular weight excluding hydrogens is 228 g/mol. The molecule has 0 bridgehead atoms. The van der Waals surface area contributed by atoms with Crippen molar-refractivity contribution in [2.45, 2.75) is 43.8 Å². The van der Waals surface area contributed by atoms with Crippen molar-refractivity contribution < 1.29 is 4.79 Å². The smallest absolute Gasteiger partial charge is 0.347 e. The molecule has 0 aromatic carbocycles. The number of amidine groups is 1. The van der Waals surface area contributed by atoms with E-state index in [0.29, 0.717) is 11.9 Å². The number of carbonyl (C=O) groups excluding carboxylic acids is 1. The predicted octanol–water partition coefficient (Wildman–Crippen LogP) is 0.408. The minimum Gasteiger partial charge on any atom is -0.385 e. The monoisotopic (exact) mass is 246 g/mol. The molecule has 3 rings (SSSR count). The minimum atomic E-state index is -0.445. The third-order valence-corrected chi connectivity index (χ3v) is 4.62. The minimum absolute atomic E-state index is 0.261. The lowest BCUT2D eigenvalue weighted by molar-refractivity contribution is 0.134. The Morgan fingerprint density at radius 1 is 1.61 bits per heavy atom. The predicted molar refractivity (Wildman–Crippen MR) is 69.1 cm³/mol. The summed E-state index contributed by atoms with van der Waals surface area (Å²) in [6.07, 6.45) is 8.58. The zero-order valence-corrected chi connectivity index (χ0v) is 10.6. The lowest BCUT2D eigenvalue weighted by atomic mass is 9.85. The molecule has 3 aliphatic heterocycles. The molecule has 1 spiro atoms. The summed E-state index contributed by atoms with van der Waals surface area (Å²) in [5, 5.41) is 0. The number of amides is 2. The van der Waals surface area contributed by atoms with Gasteiger partial charge in [0.2, 0.25) is 0 Å². The first-order valence-electron chi connectivity index (χ1n) is 6.49. The molecule has 2 amide bonds. The highest BCUT2D eigenvalue weighted by molar-refractivity contribution is 6.07. The third kappa shape index (κ3) is 1.21. The van der Waals surface area contributed by atoms with Crippen LogP contribution < -0.4 is 5.73 Å². The summed E-state index contributed by atoms with van der Waals surface area (Å²) >= 11 is 0. The topological polar surface area (TPSA) is 61.9 Å². The largest absolute Gasteiger partial charge is 0.385 e. The Morgan fingerprint density at radius 2 is 2.39 bits per heavy atom. The molecule has 2 saturated heterocycles. The molecule has 18 heavy (non-hydrogen) atoms. The fraction of sp³-hybridized carbons (Fsp3) is 0.692. The van der Waals surface area contributed by atoms with Crippen LogP contribution in [0, 0.1) is 12.3 Å². The molecular formula is C13H18N4O. The van der Waals surface area contributed by atoms with Crippen LogP contribution in [-0.2, 0) is 0 Å². The van der Waals surface area contributed by atoms with Gasteiger partial charge in [-0.05, 0) is 32.7 Å². The van der Waals surface area contributed by atoms with Gasteiger partial charge in [0.15, 0.2) is 0 Å². The van der Waals surface area contributed by atoms with Gasteiger partial charge in [-0.15, -0.1) is 6.42 Å². The second-order valence-corrected chi connectivity index (χ2v) is 5.36. The second kappa shape index (κ2) is 3.72. The molecule has 3 heterocycles. The summed E-state index contributed by atoms with van der Waals surface area (Å²) in [6, 6.07) is -0.238. The SMILES string of the molecule is C#CC(C)N1C(=O)N=C(N)C12CCN1CCCC12. The van der Waals surface area contributed by atoms with Crippen molar-refractivity contribution in [2.75, 3.05) is 13.1 Å². The van der Waals surface area contributed by atoms with E-state index < -0.39 is 5.54 Å². The summed E-state index contributed by atoms with van der Waals surface area (Å²) in [4.78, 5) is 20.2. The van der Waals surface area contributed by atoms with Gasteiger partial charge in [-0.2, -0.15) is 4.99 Å². The number of nitrogens with two attached hydrogens (primary N) is 1. The molecule has 3 atom stereocenters. The fourth-order valence-corrected chi connectivity index (χ4v) is 3.83. The average Bonchev–Trinajstić information content (AvgIpc) is 2.97. The molecule has 5 heteroatoms. The van der Waals surface area contributed by atoms with E-state index in [1.165, 1.54) is 0 Å². The Labute approximate surface area is 107 Å². The highest BCUT2D eigenvalue weighted by Gasteiger charge is 2.60. The molecule has 0 radical (unpaired) electrons. The highest BCUT2D eigenvalue weighted by atomic mass is 16.2. The quantitative estimate of drug-likeness (QED) is 0.682. The average molecular weight is 246 g/mol. The first-order chi connectivity index (χ1) is 8.61. The van der Waals surface area contributed by atoms with E-state index in [0.717, 1.165) is 32.4 Å². The van der Waals surface area contributed by atoms with Crippen LogP contribution in [0.25, 0.3) is 0 Å². The molecule has 3 unspecified atom stereocenters. The van der Waals surface area contributed by atoms with Gasteiger partial charge < -0.3 is 5.73 Å². The van der Waals surface area contributed by atoms with E-state index in [4.69, 9.17) is 12.2 Å². The molecule has 0 aromatic rings. The Balaban J connectivity index is 2.05. The van der Waals surface area contributed by atoms with E-state index in [1.807, 2.05) is 6.92 Å². The van der Waals surface area contributed by atoms with E-state index in [1.54, 1.807) is 4.90 Å². The maximum absolute atomic E-state index is 12.1. The second-order valence-electron chi connectivity index (χ2n) is 5.36. The summed E-state index contributed by atoms with van der Waals surface area (Å²) in [5.41, 5.74) is 5.65. The number of nitrogens with zero attached hydrogens (tertiary/aromatic N) is 3. The van der Waals surface area contributed by atoms with Gasteiger partial charge >= 0.3 is 6.03 Å². The molecule has 5 nitrogen and oxygen atoms in total. The van der Waals surface area contributed by atoms with Crippen molar-refractivity contribution >= 4 is 11.9 Å². The van der Waals surface area contributed by atoms with E-state index in [-0.39, 0.29) is 12.1 Å². The fourth-order valence-electron chi connectivity index (χ4n) is 3.83. The highest BCUT2D eigenvalue weighted by Crippen LogP contribution is 2.43. The van der Waals surface area contributed by atoms with Gasteiger partial charge in [-0.1, -0.05) is 5.92 Å². The number of aliphatic imine (C=N–C) groups is 1. The van der Waals surface area contributed by atoms with Crippen molar-refractivity contribution in [2.24, 2.45) is 10.7 Å². The van der Waals surface area contributed by atoms with Gasteiger partial charge in [0, 0.05) is 12.6 Å². The van der Waals surface area contributed by atoms with Crippen molar-refractivity contribution in [1.29, 1.82) is 0 Å². The van der Waals surface area contributed by atoms with E-state index in [9.17, 15) is 4.79 Å². The molecule has 2 fully saturated rings. The Bertz CT molecular complexity index is 466. The van der Waals surface area contributed by atoms with Crippen LogP contribution in [0.2, 0.25) is 0 Å². The van der Waals surface area contributed by atoms with Gasteiger partial charge in [0.25, 0.3) is 0 Å². The van der Waals surface area contributed by atoms with Crippen LogP contribution >= 0.6 is 0 Å². The van der Waals surface area contributed by atoms with Crippen molar-refractivity contribution in [3.8, 4) is 12.3 Å². The van der Waals surface area contributed by atoms with Crippen molar-refractivity contribution in [1.82, 2.24) is 9.80 Å².